The van der Waals surface area contributed by atoms with Gasteiger partial charge in [-0.05, 0) is 52.1 Å². The van der Waals surface area contributed by atoms with Gasteiger partial charge in [0.05, 0.1) is 29.0 Å². The minimum Gasteiger partial charge on any atom is -0.489 e. The highest BCUT2D eigenvalue weighted by molar-refractivity contribution is 7.07. The molecule has 204 valence electrons. The van der Waals surface area contributed by atoms with Crippen molar-refractivity contribution >= 4 is 34.2 Å². The van der Waals surface area contributed by atoms with E-state index in [1.165, 1.54) is 23.8 Å². The summed E-state index contributed by atoms with van der Waals surface area (Å²) in [5.74, 6) is 0.229. The van der Waals surface area contributed by atoms with E-state index in [1.54, 1.807) is 4.57 Å². The lowest BCUT2D eigenvalue weighted by molar-refractivity contribution is -0.136. The number of esters is 1. The predicted octanol–water partition coefficient (Wildman–Crippen LogP) is 5.53. The number of hydrogen-bond donors (Lipinski definition) is 0. The van der Waals surface area contributed by atoms with E-state index in [-0.39, 0.29) is 5.56 Å². The maximum absolute atomic E-state index is 13.8. The average Bonchev–Trinajstić information content (AvgIpc) is 3.33. The summed E-state index contributed by atoms with van der Waals surface area (Å²) in [6, 6.07) is 31.1. The first-order valence-electron chi connectivity index (χ1n) is 13.4. The third kappa shape index (κ3) is 5.12. The van der Waals surface area contributed by atoms with Gasteiger partial charge in [0.2, 0.25) is 0 Å². The van der Waals surface area contributed by atoms with Crippen LogP contribution in [0.4, 0.5) is 0 Å². The van der Waals surface area contributed by atoms with Crippen LogP contribution < -0.4 is 19.6 Å². The van der Waals surface area contributed by atoms with Crippen molar-refractivity contribution in [3.05, 3.63) is 145 Å². The molecule has 0 bridgehead atoms. The van der Waals surface area contributed by atoms with Crippen molar-refractivity contribution in [3.63, 3.8) is 0 Å². The Balaban J connectivity index is 1.37. The minimum atomic E-state index is -0.618. The molecular weight excluding hydrogens is 532 g/mol. The number of hydrogen-bond acceptors (Lipinski definition) is 6. The molecule has 0 saturated carbocycles. The number of ether oxygens (including phenoxy) is 2. The monoisotopic (exact) mass is 560 g/mol. The Labute approximate surface area is 241 Å². The van der Waals surface area contributed by atoms with Crippen LogP contribution in [0.25, 0.3) is 16.8 Å². The van der Waals surface area contributed by atoms with Gasteiger partial charge in [-0.1, -0.05) is 103 Å². The van der Waals surface area contributed by atoms with Crippen molar-refractivity contribution in [2.45, 2.75) is 26.0 Å². The maximum atomic E-state index is 13.8. The summed E-state index contributed by atoms with van der Waals surface area (Å²) >= 11 is 1.31. The van der Waals surface area contributed by atoms with Crippen molar-refractivity contribution < 1.29 is 14.3 Å². The Morgan fingerprint density at radius 1 is 0.976 bits per heavy atom. The van der Waals surface area contributed by atoms with Crippen LogP contribution in [0.5, 0.6) is 5.75 Å². The van der Waals surface area contributed by atoms with Gasteiger partial charge in [0, 0.05) is 0 Å². The number of carbonyl (C=O) groups is 1. The van der Waals surface area contributed by atoms with E-state index in [9.17, 15) is 9.59 Å². The summed E-state index contributed by atoms with van der Waals surface area (Å²) in [6.45, 7) is 2.38. The van der Waals surface area contributed by atoms with Crippen LogP contribution in [0, 0.1) is 0 Å². The number of benzene rings is 4. The molecule has 1 aromatic heterocycles. The topological polar surface area (TPSA) is 69.9 Å². The smallest absolute Gasteiger partial charge is 0.338 e. The van der Waals surface area contributed by atoms with Crippen LogP contribution in [-0.2, 0) is 16.1 Å². The quantitative estimate of drug-likeness (QED) is 0.246. The number of aromatic nitrogens is 1. The number of carbonyl (C=O) groups excluding carboxylic acids is 1. The summed E-state index contributed by atoms with van der Waals surface area (Å²) in [6.07, 6.45) is 2.39. The van der Waals surface area contributed by atoms with Crippen molar-refractivity contribution in [1.29, 1.82) is 0 Å². The van der Waals surface area contributed by atoms with E-state index in [0.29, 0.717) is 39.4 Å². The second-order valence-electron chi connectivity index (χ2n) is 9.70. The zero-order valence-electron chi connectivity index (χ0n) is 22.7. The molecule has 1 atom stereocenters. The maximum Gasteiger partial charge on any atom is 0.338 e. The molecule has 5 aromatic rings. The van der Waals surface area contributed by atoms with E-state index in [4.69, 9.17) is 14.5 Å². The molecule has 1 aliphatic rings. The normalized spacial score (nSPS) is 15.0. The molecule has 2 heterocycles. The molecule has 0 spiro atoms. The first-order chi connectivity index (χ1) is 20.1. The van der Waals surface area contributed by atoms with Crippen LogP contribution in [0.15, 0.2) is 118 Å². The van der Waals surface area contributed by atoms with Gasteiger partial charge in [0.1, 0.15) is 12.4 Å². The fourth-order valence-electron chi connectivity index (χ4n) is 5.24. The van der Waals surface area contributed by atoms with Gasteiger partial charge in [0.25, 0.3) is 5.56 Å². The first kappa shape index (κ1) is 26.5. The fraction of sp³-hybridized carbons (Fsp3) is 0.147. The Morgan fingerprint density at radius 2 is 1.73 bits per heavy atom. The first-order valence-corrected chi connectivity index (χ1v) is 14.3. The van der Waals surface area contributed by atoms with Crippen LogP contribution in [0.3, 0.4) is 0 Å². The van der Waals surface area contributed by atoms with E-state index >= 15 is 0 Å². The zero-order valence-corrected chi connectivity index (χ0v) is 23.6. The van der Waals surface area contributed by atoms with Gasteiger partial charge < -0.3 is 9.47 Å². The lowest BCUT2D eigenvalue weighted by atomic mass is 9.95. The molecular formula is C34H28N2O4S. The molecule has 0 N–H and O–H groups in total. The van der Waals surface area contributed by atoms with Crippen molar-refractivity contribution in [3.8, 4) is 5.75 Å². The molecule has 6 rings (SSSR count). The summed E-state index contributed by atoms with van der Waals surface area (Å²) in [5, 5.41) is 2.34. The van der Waals surface area contributed by atoms with Crippen LogP contribution in [0.2, 0.25) is 0 Å². The van der Waals surface area contributed by atoms with Gasteiger partial charge in [-0.25, -0.2) is 9.79 Å². The van der Waals surface area contributed by atoms with E-state index in [1.807, 2.05) is 85.8 Å². The van der Waals surface area contributed by atoms with Crippen LogP contribution in [-0.4, -0.2) is 17.6 Å². The Hall–Kier alpha value is -4.75. The van der Waals surface area contributed by atoms with E-state index in [2.05, 4.69) is 24.3 Å². The lowest BCUT2D eigenvalue weighted by Crippen LogP contribution is -2.40. The second-order valence-corrected chi connectivity index (χ2v) is 10.7. The summed E-state index contributed by atoms with van der Waals surface area (Å²) < 4.78 is 13.4. The molecule has 7 heteroatoms. The van der Waals surface area contributed by atoms with Crippen molar-refractivity contribution in [2.75, 3.05) is 7.11 Å². The molecule has 0 saturated heterocycles. The Kier molecular flexibility index (Phi) is 7.35. The minimum absolute atomic E-state index is 0.207. The zero-order chi connectivity index (χ0) is 28.3. The lowest BCUT2D eigenvalue weighted by Gasteiger charge is -2.25. The number of nitrogens with zero attached hydrogens (tertiary/aromatic N) is 2. The highest BCUT2D eigenvalue weighted by atomic mass is 32.1. The van der Waals surface area contributed by atoms with Gasteiger partial charge in [0.15, 0.2) is 4.80 Å². The molecule has 1 aliphatic heterocycles. The second kappa shape index (κ2) is 11.4. The number of fused-ring (bicyclic) bond motifs is 2. The average molecular weight is 561 g/mol. The highest BCUT2D eigenvalue weighted by Gasteiger charge is 2.33. The molecule has 0 unspecified atom stereocenters. The molecule has 4 aromatic carbocycles. The SMILES string of the molecule is CCC1=C(C(=O)OC)[C@H](c2ccccc2)n2c(s/c(=C/c3cccc(OCc4cccc5ccccc45)c3)c2=O)=N1. The van der Waals surface area contributed by atoms with Gasteiger partial charge in [-0.3, -0.25) is 9.36 Å². The summed E-state index contributed by atoms with van der Waals surface area (Å²) in [5.41, 5.74) is 3.58. The number of allylic oxidation sites excluding steroid dienone is 1. The van der Waals surface area contributed by atoms with Gasteiger partial charge in [-0.15, -0.1) is 0 Å². The van der Waals surface area contributed by atoms with Crippen molar-refractivity contribution in [2.24, 2.45) is 4.99 Å². The summed E-state index contributed by atoms with van der Waals surface area (Å²) in [4.78, 5) is 32.1. The molecule has 0 fully saturated rings. The Morgan fingerprint density at radius 3 is 2.54 bits per heavy atom. The van der Waals surface area contributed by atoms with Gasteiger partial charge >= 0.3 is 5.97 Å². The van der Waals surface area contributed by atoms with Crippen LogP contribution >= 0.6 is 11.3 Å². The third-order valence-corrected chi connectivity index (χ3v) is 8.18. The molecule has 0 radical (unpaired) electrons. The highest BCUT2D eigenvalue weighted by Crippen LogP contribution is 2.31. The van der Waals surface area contributed by atoms with E-state index < -0.39 is 12.0 Å². The third-order valence-electron chi connectivity index (χ3n) is 7.20. The molecule has 0 aliphatic carbocycles. The van der Waals surface area contributed by atoms with Crippen LogP contribution in [0.1, 0.15) is 36.1 Å². The number of thiazole rings is 1. The molecule has 6 nitrogen and oxygen atoms in total. The predicted molar refractivity (Wildman–Crippen MR) is 162 cm³/mol. The standard InChI is InChI=1S/C34H28N2O4S/c1-3-28-30(33(38)39-2)31(24-13-5-4-6-14-24)36-32(37)29(41-34(36)35-28)20-22-11-9-17-26(19-22)40-21-25-16-10-15-23-12-7-8-18-27(23)25/h4-20,31H,3,21H2,1-2H3/b29-20+/t31-/m0/s1. The number of methoxy groups -OCH3 is 1. The summed E-state index contributed by atoms with van der Waals surface area (Å²) in [7, 11) is 1.35. The van der Waals surface area contributed by atoms with Gasteiger partial charge in [-0.2, -0.15) is 0 Å². The largest absolute Gasteiger partial charge is 0.489 e. The molecule has 41 heavy (non-hydrogen) atoms. The van der Waals surface area contributed by atoms with E-state index in [0.717, 1.165) is 22.1 Å². The number of rotatable bonds is 7. The van der Waals surface area contributed by atoms with Crippen molar-refractivity contribution in [1.82, 2.24) is 4.57 Å². The fourth-order valence-corrected chi connectivity index (χ4v) is 6.26. The molecule has 0 amide bonds. The Bertz CT molecular complexity index is 1970.